The second-order valence-electron chi connectivity index (χ2n) is 7.69. The summed E-state index contributed by atoms with van der Waals surface area (Å²) in [4.78, 5) is 14.1. The minimum Gasteiger partial charge on any atom is -0.394 e. The first-order chi connectivity index (χ1) is 15.4. The van der Waals surface area contributed by atoms with Crippen LogP contribution in [0.3, 0.4) is 0 Å². The summed E-state index contributed by atoms with van der Waals surface area (Å²) in [6, 6.07) is 10.2. The van der Waals surface area contributed by atoms with Gasteiger partial charge in [-0.25, -0.2) is 9.97 Å². The van der Waals surface area contributed by atoms with Crippen LogP contribution in [-0.4, -0.2) is 58.3 Å². The zero-order valence-electron chi connectivity index (χ0n) is 18.9. The Balaban J connectivity index is 1.84. The zero-order chi connectivity index (χ0) is 23.0. The lowest BCUT2D eigenvalue weighted by molar-refractivity contribution is -0.126. The fraction of sp³-hybridized carbons (Fsp3) is 0.500. The maximum Gasteiger partial charge on any atom is 0.191 e. The van der Waals surface area contributed by atoms with Crippen molar-refractivity contribution in [1.82, 2.24) is 15.0 Å². The third kappa shape index (κ3) is 7.01. The van der Waals surface area contributed by atoms with Crippen molar-refractivity contribution in [3.63, 3.8) is 0 Å². The molecule has 0 atom stereocenters. The first kappa shape index (κ1) is 24.7. The van der Waals surface area contributed by atoms with Crippen molar-refractivity contribution in [3.05, 3.63) is 35.9 Å². The molecule has 0 aliphatic carbocycles. The van der Waals surface area contributed by atoms with Crippen LogP contribution < -0.4 is 10.6 Å². The molecule has 0 saturated heterocycles. The van der Waals surface area contributed by atoms with Crippen LogP contribution in [0.5, 0.6) is 0 Å². The van der Waals surface area contributed by atoms with E-state index in [1.165, 1.54) is 16.9 Å². The Morgan fingerprint density at radius 3 is 2.47 bits per heavy atom. The SMILES string of the molecule is CCOC(CNc1nc2nc(SCc3ccccc3)nc(NC(C)(C)CO)c2s1)OCC. The van der Waals surface area contributed by atoms with E-state index in [-0.39, 0.29) is 12.9 Å². The number of ether oxygens (including phenoxy) is 2. The maximum absolute atomic E-state index is 9.74. The number of aliphatic hydroxyl groups is 1. The number of anilines is 2. The van der Waals surface area contributed by atoms with Gasteiger partial charge in [-0.05, 0) is 33.3 Å². The first-order valence-electron chi connectivity index (χ1n) is 10.7. The van der Waals surface area contributed by atoms with Gasteiger partial charge in [-0.2, -0.15) is 4.98 Å². The molecule has 174 valence electrons. The van der Waals surface area contributed by atoms with Gasteiger partial charge in [0.1, 0.15) is 4.70 Å². The van der Waals surface area contributed by atoms with Crippen molar-refractivity contribution in [2.45, 2.75) is 50.4 Å². The number of rotatable bonds is 13. The van der Waals surface area contributed by atoms with Crippen LogP contribution >= 0.6 is 23.1 Å². The molecule has 10 heteroatoms. The molecule has 0 radical (unpaired) electrons. The van der Waals surface area contributed by atoms with E-state index in [1.54, 1.807) is 11.8 Å². The quantitative estimate of drug-likeness (QED) is 0.188. The Morgan fingerprint density at radius 2 is 1.81 bits per heavy atom. The van der Waals surface area contributed by atoms with Crippen LogP contribution in [0, 0.1) is 0 Å². The topological polar surface area (TPSA) is 101 Å². The van der Waals surface area contributed by atoms with Gasteiger partial charge in [-0.3, -0.25) is 0 Å². The lowest BCUT2D eigenvalue weighted by atomic mass is 10.1. The molecular weight excluding hydrogens is 446 g/mol. The van der Waals surface area contributed by atoms with Gasteiger partial charge in [0.25, 0.3) is 0 Å². The number of hydrogen-bond donors (Lipinski definition) is 3. The monoisotopic (exact) mass is 477 g/mol. The van der Waals surface area contributed by atoms with Gasteiger partial charge in [0.2, 0.25) is 0 Å². The molecule has 0 spiro atoms. The summed E-state index contributed by atoms with van der Waals surface area (Å²) in [7, 11) is 0. The second kappa shape index (κ2) is 11.8. The Morgan fingerprint density at radius 1 is 1.09 bits per heavy atom. The number of aromatic nitrogens is 3. The average molecular weight is 478 g/mol. The van der Waals surface area contributed by atoms with Crippen molar-refractivity contribution < 1.29 is 14.6 Å². The molecule has 8 nitrogen and oxygen atoms in total. The number of benzene rings is 1. The van der Waals surface area contributed by atoms with E-state index in [4.69, 9.17) is 14.5 Å². The maximum atomic E-state index is 9.74. The Kier molecular flexibility index (Phi) is 9.06. The van der Waals surface area contributed by atoms with Gasteiger partial charge in [0.15, 0.2) is 28.0 Å². The second-order valence-corrected chi connectivity index (χ2v) is 9.63. The fourth-order valence-corrected chi connectivity index (χ4v) is 4.47. The van der Waals surface area contributed by atoms with Crippen LogP contribution in [0.25, 0.3) is 10.3 Å². The van der Waals surface area contributed by atoms with E-state index in [0.29, 0.717) is 41.5 Å². The van der Waals surface area contributed by atoms with E-state index >= 15 is 0 Å². The summed E-state index contributed by atoms with van der Waals surface area (Å²) in [5.74, 6) is 1.43. The standard InChI is InChI=1S/C22H31N5O3S2/c1-5-29-16(30-6-2)12-23-20-24-18-17(32-20)19(27-22(3,4)14-28)26-21(25-18)31-13-15-10-8-7-9-11-15/h7-11,16,28H,5-6,12-14H2,1-4H3,(H2,23,24,25,26,27). The number of nitrogens with zero attached hydrogens (tertiary/aromatic N) is 3. The van der Waals surface area contributed by atoms with E-state index in [1.807, 2.05) is 45.9 Å². The van der Waals surface area contributed by atoms with E-state index in [2.05, 4.69) is 32.7 Å². The number of thioether (sulfide) groups is 1. The van der Waals surface area contributed by atoms with Crippen LogP contribution in [0.4, 0.5) is 10.9 Å². The molecule has 3 N–H and O–H groups in total. The highest BCUT2D eigenvalue weighted by Crippen LogP contribution is 2.34. The minimum atomic E-state index is -0.532. The van der Waals surface area contributed by atoms with Gasteiger partial charge >= 0.3 is 0 Å². The molecule has 0 bridgehead atoms. The summed E-state index contributed by atoms with van der Waals surface area (Å²) < 4.78 is 12.0. The lowest BCUT2D eigenvalue weighted by Gasteiger charge is -2.24. The zero-order valence-corrected chi connectivity index (χ0v) is 20.6. The van der Waals surface area contributed by atoms with Gasteiger partial charge in [-0.1, -0.05) is 53.4 Å². The van der Waals surface area contributed by atoms with E-state index in [0.717, 1.165) is 10.5 Å². The van der Waals surface area contributed by atoms with Crippen molar-refractivity contribution in [2.75, 3.05) is 37.0 Å². The summed E-state index contributed by atoms with van der Waals surface area (Å²) in [5.41, 5.74) is 1.28. The molecule has 0 unspecified atom stereocenters. The number of thiazole rings is 1. The van der Waals surface area contributed by atoms with Gasteiger partial charge in [-0.15, -0.1) is 0 Å². The smallest absolute Gasteiger partial charge is 0.191 e. The van der Waals surface area contributed by atoms with Crippen molar-refractivity contribution in [3.8, 4) is 0 Å². The first-order valence-corrected chi connectivity index (χ1v) is 12.5. The molecule has 0 aliphatic rings. The van der Waals surface area contributed by atoms with Crippen LogP contribution in [0.15, 0.2) is 35.5 Å². The summed E-state index contributed by atoms with van der Waals surface area (Å²) >= 11 is 3.02. The summed E-state index contributed by atoms with van der Waals surface area (Å²) in [6.45, 7) is 9.33. The Hall–Kier alpha value is -1.98. The van der Waals surface area contributed by atoms with E-state index < -0.39 is 5.54 Å². The third-order valence-electron chi connectivity index (χ3n) is 4.42. The molecule has 1 aromatic carbocycles. The van der Waals surface area contributed by atoms with Crippen LogP contribution in [-0.2, 0) is 15.2 Å². The normalized spacial score (nSPS) is 11.9. The predicted octanol–water partition coefficient (Wildman–Crippen LogP) is 4.37. The molecule has 2 aromatic heterocycles. The molecular formula is C22H31N5O3S2. The van der Waals surface area contributed by atoms with Crippen molar-refractivity contribution in [1.29, 1.82) is 0 Å². The third-order valence-corrected chi connectivity index (χ3v) is 6.35. The molecule has 0 amide bonds. The summed E-state index contributed by atoms with van der Waals surface area (Å²) in [5, 5.41) is 17.7. The molecule has 2 heterocycles. The fourth-order valence-electron chi connectivity index (χ4n) is 2.82. The highest BCUT2D eigenvalue weighted by atomic mass is 32.2. The average Bonchev–Trinajstić information content (AvgIpc) is 3.20. The van der Waals surface area contributed by atoms with Gasteiger partial charge in [0, 0.05) is 19.0 Å². The highest BCUT2D eigenvalue weighted by molar-refractivity contribution is 7.98. The largest absolute Gasteiger partial charge is 0.394 e. The van der Waals surface area contributed by atoms with Gasteiger partial charge in [0.05, 0.1) is 18.7 Å². The molecule has 3 aromatic rings. The number of aliphatic hydroxyl groups excluding tert-OH is 1. The molecule has 0 saturated carbocycles. The summed E-state index contributed by atoms with van der Waals surface area (Å²) in [6.07, 6.45) is -0.342. The molecule has 32 heavy (non-hydrogen) atoms. The molecule has 0 aliphatic heterocycles. The van der Waals surface area contributed by atoms with Gasteiger partial charge < -0.3 is 25.2 Å². The molecule has 3 rings (SSSR count). The number of nitrogens with one attached hydrogen (secondary N) is 2. The van der Waals surface area contributed by atoms with E-state index in [9.17, 15) is 5.11 Å². The Labute approximate surface area is 197 Å². The predicted molar refractivity (Wildman–Crippen MR) is 132 cm³/mol. The minimum absolute atomic E-state index is 0.0285. The number of fused-ring (bicyclic) bond motifs is 1. The Bertz CT molecular complexity index is 978. The number of hydrogen-bond acceptors (Lipinski definition) is 10. The highest BCUT2D eigenvalue weighted by Gasteiger charge is 2.21. The lowest BCUT2D eigenvalue weighted by Crippen LogP contribution is -2.35. The van der Waals surface area contributed by atoms with Crippen molar-refractivity contribution in [2.24, 2.45) is 0 Å². The van der Waals surface area contributed by atoms with Crippen LogP contribution in [0.2, 0.25) is 0 Å². The van der Waals surface area contributed by atoms with Crippen molar-refractivity contribution >= 4 is 44.4 Å². The van der Waals surface area contributed by atoms with Crippen LogP contribution in [0.1, 0.15) is 33.3 Å². The molecule has 0 fully saturated rings.